The van der Waals surface area contributed by atoms with Gasteiger partial charge >= 0.3 is 0 Å². The monoisotopic (exact) mass is 365 g/mol. The van der Waals surface area contributed by atoms with Crippen LogP contribution in [-0.4, -0.2) is 5.75 Å². The lowest BCUT2D eigenvalue weighted by atomic mass is 10.0. The van der Waals surface area contributed by atoms with Gasteiger partial charge in [-0.1, -0.05) is 40.2 Å². The Bertz CT molecular complexity index is 646. The maximum absolute atomic E-state index is 13.9. The van der Waals surface area contributed by atoms with Crippen LogP contribution in [0.3, 0.4) is 0 Å². The molecule has 2 aromatic rings. The van der Waals surface area contributed by atoms with Gasteiger partial charge in [0, 0.05) is 21.5 Å². The van der Waals surface area contributed by atoms with Crippen molar-refractivity contribution >= 4 is 27.7 Å². The van der Waals surface area contributed by atoms with E-state index in [4.69, 9.17) is 0 Å². The summed E-state index contributed by atoms with van der Waals surface area (Å²) < 4.78 is 15.0. The summed E-state index contributed by atoms with van der Waals surface area (Å²) in [6, 6.07) is 14.1. The van der Waals surface area contributed by atoms with Crippen LogP contribution < -0.4 is 5.32 Å². The maximum Gasteiger partial charge on any atom is 0.137 e. The first-order chi connectivity index (χ1) is 10.1. The van der Waals surface area contributed by atoms with Gasteiger partial charge in [0.15, 0.2) is 0 Å². The average molecular weight is 366 g/mol. The van der Waals surface area contributed by atoms with Gasteiger partial charge in [-0.25, -0.2) is 4.39 Å². The van der Waals surface area contributed by atoms with Gasteiger partial charge in [0.2, 0.25) is 0 Å². The molecule has 0 spiro atoms. The number of halogens is 2. The summed E-state index contributed by atoms with van der Waals surface area (Å²) >= 11 is 5.13. The van der Waals surface area contributed by atoms with E-state index in [0.29, 0.717) is 0 Å². The minimum Gasteiger partial charge on any atom is -0.303 e. The van der Waals surface area contributed by atoms with Crippen LogP contribution in [0.25, 0.3) is 0 Å². The third-order valence-electron chi connectivity index (χ3n) is 3.83. The van der Waals surface area contributed by atoms with Gasteiger partial charge < -0.3 is 5.32 Å². The van der Waals surface area contributed by atoms with Gasteiger partial charge in [0.25, 0.3) is 0 Å². The van der Waals surface area contributed by atoms with Gasteiger partial charge in [-0.05, 0) is 48.4 Å². The Hall–Kier alpha value is -0.840. The second kappa shape index (κ2) is 6.51. The van der Waals surface area contributed by atoms with Crippen LogP contribution in [0.2, 0.25) is 0 Å². The first-order valence-corrected chi connectivity index (χ1v) is 8.86. The SMILES string of the molecule is C[C@H](NC1CCSc2c(F)cccc21)c1cccc(Br)c1. The molecule has 1 nitrogen and oxygen atoms in total. The lowest BCUT2D eigenvalue weighted by molar-refractivity contribution is 0.444. The first-order valence-electron chi connectivity index (χ1n) is 7.08. The average Bonchev–Trinajstić information content (AvgIpc) is 2.48. The number of benzene rings is 2. The number of hydrogen-bond acceptors (Lipinski definition) is 2. The highest BCUT2D eigenvalue weighted by molar-refractivity contribution is 9.10. The first kappa shape index (κ1) is 15.1. The minimum atomic E-state index is -0.0980. The van der Waals surface area contributed by atoms with E-state index in [-0.39, 0.29) is 17.9 Å². The summed E-state index contributed by atoms with van der Waals surface area (Å²) in [5.41, 5.74) is 2.33. The maximum atomic E-state index is 13.9. The van der Waals surface area contributed by atoms with E-state index in [1.165, 1.54) is 5.56 Å². The smallest absolute Gasteiger partial charge is 0.137 e. The second-order valence-corrected chi connectivity index (χ2v) is 7.31. The van der Waals surface area contributed by atoms with E-state index in [1.807, 2.05) is 18.2 Å². The Morgan fingerprint density at radius 1 is 1.29 bits per heavy atom. The van der Waals surface area contributed by atoms with Crippen LogP contribution in [0.4, 0.5) is 4.39 Å². The standard InChI is InChI=1S/C17H17BrFNS/c1-11(12-4-2-5-13(18)10-12)20-16-8-9-21-17-14(16)6-3-7-15(17)19/h2-7,10-11,16,20H,8-9H2,1H3/t11-,16?/m0/s1. The third-order valence-corrected chi connectivity index (χ3v) is 5.48. The molecule has 0 bridgehead atoms. The Morgan fingerprint density at radius 2 is 2.10 bits per heavy atom. The molecule has 1 aliphatic heterocycles. The summed E-state index contributed by atoms with van der Waals surface area (Å²) in [5, 5.41) is 3.64. The van der Waals surface area contributed by atoms with Crippen LogP contribution in [-0.2, 0) is 0 Å². The molecule has 1 aliphatic rings. The molecule has 110 valence electrons. The number of thioether (sulfide) groups is 1. The van der Waals surface area contributed by atoms with Crippen LogP contribution >= 0.6 is 27.7 Å². The molecule has 0 radical (unpaired) electrons. The van der Waals surface area contributed by atoms with E-state index in [9.17, 15) is 4.39 Å². The largest absolute Gasteiger partial charge is 0.303 e. The zero-order chi connectivity index (χ0) is 14.8. The number of hydrogen-bond donors (Lipinski definition) is 1. The fourth-order valence-corrected chi connectivity index (χ4v) is 4.29. The summed E-state index contributed by atoms with van der Waals surface area (Å²) in [7, 11) is 0. The van der Waals surface area contributed by atoms with Gasteiger partial charge in [-0.15, -0.1) is 11.8 Å². The highest BCUT2D eigenvalue weighted by Gasteiger charge is 2.24. The molecular weight excluding hydrogens is 349 g/mol. The Morgan fingerprint density at radius 3 is 2.90 bits per heavy atom. The van der Waals surface area contributed by atoms with Crippen molar-refractivity contribution in [3.63, 3.8) is 0 Å². The molecule has 0 amide bonds. The molecule has 0 aliphatic carbocycles. The van der Waals surface area contributed by atoms with Crippen LogP contribution in [0.5, 0.6) is 0 Å². The molecule has 3 rings (SSSR count). The Labute approximate surface area is 137 Å². The Kier molecular flexibility index (Phi) is 4.67. The van der Waals surface area contributed by atoms with Gasteiger partial charge in [0.1, 0.15) is 5.82 Å². The molecule has 0 aromatic heterocycles. The molecule has 2 atom stereocenters. The summed E-state index contributed by atoms with van der Waals surface area (Å²) in [4.78, 5) is 0.808. The molecule has 1 heterocycles. The van der Waals surface area contributed by atoms with Crippen molar-refractivity contribution in [1.29, 1.82) is 0 Å². The number of nitrogens with one attached hydrogen (secondary N) is 1. The van der Waals surface area contributed by atoms with E-state index in [0.717, 1.165) is 27.1 Å². The van der Waals surface area contributed by atoms with Crippen LogP contribution in [0.1, 0.15) is 36.6 Å². The molecule has 2 aromatic carbocycles. The molecule has 0 saturated carbocycles. The predicted molar refractivity (Wildman–Crippen MR) is 90.2 cm³/mol. The molecule has 1 unspecified atom stereocenters. The zero-order valence-electron chi connectivity index (χ0n) is 11.8. The Balaban J connectivity index is 1.82. The third kappa shape index (κ3) is 3.33. The van der Waals surface area contributed by atoms with Crippen molar-refractivity contribution in [1.82, 2.24) is 5.32 Å². The molecule has 1 N–H and O–H groups in total. The van der Waals surface area contributed by atoms with Crippen molar-refractivity contribution in [3.05, 3.63) is 63.9 Å². The summed E-state index contributed by atoms with van der Waals surface area (Å²) in [6.07, 6.45) is 1.03. The van der Waals surface area contributed by atoms with E-state index in [2.05, 4.69) is 40.3 Å². The predicted octanol–water partition coefficient (Wildman–Crippen LogP) is 5.48. The lowest BCUT2D eigenvalue weighted by Crippen LogP contribution is -2.27. The molecule has 21 heavy (non-hydrogen) atoms. The highest BCUT2D eigenvalue weighted by atomic mass is 79.9. The van der Waals surface area contributed by atoms with Crippen LogP contribution in [0.15, 0.2) is 51.8 Å². The topological polar surface area (TPSA) is 12.0 Å². The minimum absolute atomic E-state index is 0.0980. The number of rotatable bonds is 3. The molecule has 0 saturated heterocycles. The van der Waals surface area contributed by atoms with E-state index < -0.39 is 0 Å². The molecule has 4 heteroatoms. The van der Waals surface area contributed by atoms with E-state index in [1.54, 1.807) is 23.9 Å². The fourth-order valence-electron chi connectivity index (χ4n) is 2.73. The lowest BCUT2D eigenvalue weighted by Gasteiger charge is -2.29. The summed E-state index contributed by atoms with van der Waals surface area (Å²) in [5.74, 6) is 0.857. The fraction of sp³-hybridized carbons (Fsp3) is 0.294. The zero-order valence-corrected chi connectivity index (χ0v) is 14.2. The summed E-state index contributed by atoms with van der Waals surface area (Å²) in [6.45, 7) is 2.16. The van der Waals surface area contributed by atoms with Gasteiger partial charge in [-0.3, -0.25) is 0 Å². The quantitative estimate of drug-likeness (QED) is 0.772. The van der Waals surface area contributed by atoms with Crippen molar-refractivity contribution in [2.24, 2.45) is 0 Å². The highest BCUT2D eigenvalue weighted by Crippen LogP contribution is 2.38. The normalized spacial score (nSPS) is 19.1. The van der Waals surface area contributed by atoms with Crippen molar-refractivity contribution < 1.29 is 4.39 Å². The van der Waals surface area contributed by atoms with Crippen molar-refractivity contribution in [3.8, 4) is 0 Å². The van der Waals surface area contributed by atoms with Gasteiger partial charge in [0.05, 0.1) is 0 Å². The number of fused-ring (bicyclic) bond motifs is 1. The molecular formula is C17H17BrFNS. The van der Waals surface area contributed by atoms with Gasteiger partial charge in [-0.2, -0.15) is 0 Å². The molecule has 0 fully saturated rings. The van der Waals surface area contributed by atoms with Crippen molar-refractivity contribution in [2.45, 2.75) is 30.3 Å². The van der Waals surface area contributed by atoms with Crippen molar-refractivity contribution in [2.75, 3.05) is 5.75 Å². The van der Waals surface area contributed by atoms with E-state index >= 15 is 0 Å². The van der Waals surface area contributed by atoms with Crippen LogP contribution in [0, 0.1) is 5.82 Å². The second-order valence-electron chi connectivity index (χ2n) is 5.29.